The number of rotatable bonds is 2. The number of ether oxygens (including phenoxy) is 1. The standard InChI is InChI=1S/C5H10OS2.Na.H2O.H/c1-4(2)3-6-5(7)8;;;/h4H,3H2,1-2H3,(H,7,8);;1H2;/q;+1;;-1. The van der Waals surface area contributed by atoms with Gasteiger partial charge in [0.1, 0.15) is 0 Å². The Morgan fingerprint density at radius 2 is 2.10 bits per heavy atom. The molecule has 0 fully saturated rings. The van der Waals surface area contributed by atoms with Gasteiger partial charge >= 0.3 is 29.6 Å². The molecule has 0 atom stereocenters. The fraction of sp³-hybridized carbons (Fsp3) is 0.800. The van der Waals surface area contributed by atoms with Crippen LogP contribution in [0.3, 0.4) is 0 Å². The average Bonchev–Trinajstić information content (AvgIpc) is 1.61. The van der Waals surface area contributed by atoms with E-state index in [1.165, 1.54) is 0 Å². The second kappa shape index (κ2) is 10.2. The molecule has 58 valence electrons. The molecule has 2 N–H and O–H groups in total. The van der Waals surface area contributed by atoms with Crippen LogP contribution < -0.4 is 29.6 Å². The van der Waals surface area contributed by atoms with Crippen LogP contribution in [0.25, 0.3) is 0 Å². The summed E-state index contributed by atoms with van der Waals surface area (Å²) in [5.41, 5.74) is 0. The van der Waals surface area contributed by atoms with Gasteiger partial charge in [0, 0.05) is 0 Å². The minimum atomic E-state index is 0. The van der Waals surface area contributed by atoms with Crippen LogP contribution in [0.4, 0.5) is 0 Å². The van der Waals surface area contributed by atoms with Crippen molar-refractivity contribution in [3.8, 4) is 0 Å². The molecular formula is C5H13NaO2S2. The molecule has 0 aromatic carbocycles. The SMILES string of the molecule is CC(C)COC(=S)S.O.[H-].[Na+]. The maximum Gasteiger partial charge on any atom is 1.00 e. The third-order valence-corrected chi connectivity index (χ3v) is 0.787. The average molecular weight is 192 g/mol. The third-order valence-electron chi connectivity index (χ3n) is 0.540. The molecule has 5 heteroatoms. The molecule has 0 spiro atoms. The van der Waals surface area contributed by atoms with E-state index in [2.05, 4.69) is 38.7 Å². The van der Waals surface area contributed by atoms with E-state index in [1.807, 2.05) is 0 Å². The second-order valence-electron chi connectivity index (χ2n) is 1.97. The minimum Gasteiger partial charge on any atom is -1.00 e. The molecule has 10 heavy (non-hydrogen) atoms. The predicted molar refractivity (Wildman–Crippen MR) is 47.1 cm³/mol. The zero-order valence-corrected chi connectivity index (χ0v) is 10.3. The summed E-state index contributed by atoms with van der Waals surface area (Å²) in [4.78, 5) is 0. The first-order valence-corrected chi connectivity index (χ1v) is 3.34. The van der Waals surface area contributed by atoms with E-state index in [-0.39, 0.29) is 36.5 Å². The third kappa shape index (κ3) is 16.1. The van der Waals surface area contributed by atoms with E-state index < -0.39 is 0 Å². The largest absolute Gasteiger partial charge is 1.00 e. The molecule has 0 aromatic heterocycles. The number of thiocarbonyl (C=S) groups is 1. The van der Waals surface area contributed by atoms with Crippen molar-refractivity contribution in [2.75, 3.05) is 6.61 Å². The van der Waals surface area contributed by atoms with E-state index in [1.54, 1.807) is 0 Å². The van der Waals surface area contributed by atoms with Gasteiger partial charge in [-0.3, -0.25) is 0 Å². The maximum absolute atomic E-state index is 4.90. The smallest absolute Gasteiger partial charge is 1.00 e. The van der Waals surface area contributed by atoms with Gasteiger partial charge in [-0.2, -0.15) is 0 Å². The monoisotopic (exact) mass is 192 g/mol. The van der Waals surface area contributed by atoms with Gasteiger partial charge in [-0.05, 0) is 18.1 Å². The summed E-state index contributed by atoms with van der Waals surface area (Å²) in [5.74, 6) is 0.528. The summed E-state index contributed by atoms with van der Waals surface area (Å²) in [6.45, 7) is 4.79. The molecule has 2 nitrogen and oxygen atoms in total. The van der Waals surface area contributed by atoms with Crippen molar-refractivity contribution in [3.05, 3.63) is 0 Å². The van der Waals surface area contributed by atoms with Gasteiger partial charge in [0.15, 0.2) is 0 Å². The Morgan fingerprint density at radius 3 is 2.20 bits per heavy atom. The summed E-state index contributed by atoms with van der Waals surface area (Å²) in [6.07, 6.45) is 0. The fourth-order valence-corrected chi connectivity index (χ4v) is 0.381. The molecule has 0 unspecified atom stereocenters. The van der Waals surface area contributed by atoms with Crippen LogP contribution in [0.15, 0.2) is 0 Å². The quantitative estimate of drug-likeness (QED) is 0.317. The van der Waals surface area contributed by atoms with Crippen molar-refractivity contribution in [2.45, 2.75) is 13.8 Å². The normalized spacial score (nSPS) is 7.60. The van der Waals surface area contributed by atoms with Crippen LogP contribution in [0, 0.1) is 5.92 Å². The number of hydrogen-bond acceptors (Lipinski definition) is 2. The molecule has 0 saturated carbocycles. The zero-order valence-electron chi connectivity index (χ0n) is 7.55. The Labute approximate surface area is 96.2 Å². The first-order chi connectivity index (χ1) is 3.63. The summed E-state index contributed by atoms with van der Waals surface area (Å²) in [5, 5.41) is 0. The van der Waals surface area contributed by atoms with Crippen molar-refractivity contribution in [1.82, 2.24) is 0 Å². The molecule has 0 aliphatic rings. The van der Waals surface area contributed by atoms with Crippen molar-refractivity contribution in [1.29, 1.82) is 0 Å². The predicted octanol–water partition coefficient (Wildman–Crippen LogP) is -1.83. The van der Waals surface area contributed by atoms with Crippen LogP contribution in [-0.2, 0) is 4.74 Å². The van der Waals surface area contributed by atoms with E-state index in [9.17, 15) is 0 Å². The van der Waals surface area contributed by atoms with Crippen LogP contribution in [0.2, 0.25) is 0 Å². The number of thiol groups is 1. The van der Waals surface area contributed by atoms with Crippen molar-refractivity contribution in [2.24, 2.45) is 5.92 Å². The molecule has 0 bridgehead atoms. The van der Waals surface area contributed by atoms with Crippen LogP contribution in [-0.4, -0.2) is 16.5 Å². The molecule has 0 amide bonds. The molecule has 0 saturated heterocycles. The number of hydrogen-bond donors (Lipinski definition) is 1. The van der Waals surface area contributed by atoms with Gasteiger partial charge in [-0.25, -0.2) is 0 Å². The Bertz CT molecular complexity index is 92.6. The van der Waals surface area contributed by atoms with E-state index in [4.69, 9.17) is 4.74 Å². The Morgan fingerprint density at radius 1 is 1.70 bits per heavy atom. The van der Waals surface area contributed by atoms with Crippen molar-refractivity contribution in [3.63, 3.8) is 0 Å². The van der Waals surface area contributed by atoms with Gasteiger partial charge in [-0.15, -0.1) is 0 Å². The van der Waals surface area contributed by atoms with E-state index in [0.29, 0.717) is 16.9 Å². The first-order valence-electron chi connectivity index (χ1n) is 2.48. The molecule has 0 aromatic rings. The maximum atomic E-state index is 4.90. The van der Waals surface area contributed by atoms with Gasteiger partial charge < -0.3 is 11.6 Å². The van der Waals surface area contributed by atoms with E-state index in [0.717, 1.165) is 0 Å². The zero-order chi connectivity index (χ0) is 6.57. The van der Waals surface area contributed by atoms with Gasteiger partial charge in [0.25, 0.3) is 0 Å². The van der Waals surface area contributed by atoms with Crippen molar-refractivity contribution >= 4 is 29.2 Å². The van der Waals surface area contributed by atoms with E-state index >= 15 is 0 Å². The first kappa shape index (κ1) is 17.3. The molecular weight excluding hydrogens is 179 g/mol. The van der Waals surface area contributed by atoms with Gasteiger partial charge in [0.05, 0.1) is 6.61 Å². The molecule has 0 heterocycles. The summed E-state index contributed by atoms with van der Waals surface area (Å²) >= 11 is 8.34. The van der Waals surface area contributed by atoms with Crippen molar-refractivity contribution < 1.29 is 41.2 Å². The second-order valence-corrected chi connectivity index (χ2v) is 3.05. The topological polar surface area (TPSA) is 40.7 Å². The molecule has 0 radical (unpaired) electrons. The molecule has 0 aliphatic carbocycles. The molecule has 0 rings (SSSR count). The van der Waals surface area contributed by atoms with Gasteiger partial charge in [-0.1, -0.05) is 26.5 Å². The fourth-order valence-electron chi connectivity index (χ4n) is 0.238. The van der Waals surface area contributed by atoms with Crippen LogP contribution >= 0.6 is 24.8 Å². The Hall–Kier alpha value is 1.20. The van der Waals surface area contributed by atoms with Crippen LogP contribution in [0.1, 0.15) is 15.3 Å². The summed E-state index contributed by atoms with van der Waals surface area (Å²) < 4.78 is 5.23. The minimum absolute atomic E-state index is 0. The summed E-state index contributed by atoms with van der Waals surface area (Å²) in [7, 11) is 0. The molecule has 0 aliphatic heterocycles. The Kier molecular flexibility index (Phi) is 17.7. The Balaban J connectivity index is -0.0000000817. The van der Waals surface area contributed by atoms with Gasteiger partial charge in [0.2, 0.25) is 4.38 Å². The van der Waals surface area contributed by atoms with Crippen LogP contribution in [0.5, 0.6) is 0 Å². The summed E-state index contributed by atoms with van der Waals surface area (Å²) in [6, 6.07) is 0.